The zero-order chi connectivity index (χ0) is 16.8. The molecule has 0 saturated carbocycles. The van der Waals surface area contributed by atoms with Crippen molar-refractivity contribution < 1.29 is 4.74 Å². The molecule has 2 heteroatoms. The summed E-state index contributed by atoms with van der Waals surface area (Å²) in [7, 11) is 1.69. The van der Waals surface area contributed by atoms with E-state index in [0.29, 0.717) is 6.04 Å². The minimum Gasteiger partial charge on any atom is -0.497 e. The standard InChI is InChI=1S/C22H23NO/c1-3-22(19-11-15-21(24-2)16-12-19)23-20-13-9-18(10-14-20)17-7-5-4-6-8-17/h4-16,22-23H,3H2,1-2H3/t22-/m1/s1. The third-order valence-electron chi connectivity index (χ3n) is 4.26. The second-order valence-corrected chi connectivity index (χ2v) is 5.82. The maximum atomic E-state index is 5.24. The number of hydrogen-bond acceptors (Lipinski definition) is 2. The molecule has 0 radical (unpaired) electrons. The molecule has 24 heavy (non-hydrogen) atoms. The van der Waals surface area contributed by atoms with Gasteiger partial charge < -0.3 is 10.1 Å². The predicted octanol–water partition coefficient (Wildman–Crippen LogP) is 5.93. The van der Waals surface area contributed by atoms with E-state index in [0.717, 1.165) is 17.9 Å². The second-order valence-electron chi connectivity index (χ2n) is 5.82. The molecule has 1 N–H and O–H groups in total. The largest absolute Gasteiger partial charge is 0.497 e. The van der Waals surface area contributed by atoms with Crippen molar-refractivity contribution in [2.75, 3.05) is 12.4 Å². The summed E-state index contributed by atoms with van der Waals surface area (Å²) in [5.41, 5.74) is 4.88. The number of nitrogens with one attached hydrogen (secondary N) is 1. The first-order chi connectivity index (χ1) is 11.8. The minimum absolute atomic E-state index is 0.290. The van der Waals surface area contributed by atoms with E-state index >= 15 is 0 Å². The lowest BCUT2D eigenvalue weighted by molar-refractivity contribution is 0.414. The zero-order valence-electron chi connectivity index (χ0n) is 14.2. The first kappa shape index (κ1) is 16.1. The topological polar surface area (TPSA) is 21.3 Å². The fourth-order valence-electron chi connectivity index (χ4n) is 2.85. The molecule has 3 aromatic rings. The Kier molecular flexibility index (Phi) is 5.17. The van der Waals surface area contributed by atoms with Crippen LogP contribution in [0.5, 0.6) is 5.75 Å². The monoisotopic (exact) mass is 317 g/mol. The number of ether oxygens (including phenoxy) is 1. The normalized spacial score (nSPS) is 11.8. The van der Waals surface area contributed by atoms with Crippen molar-refractivity contribution in [3.05, 3.63) is 84.4 Å². The van der Waals surface area contributed by atoms with Crippen LogP contribution in [0.4, 0.5) is 5.69 Å². The third-order valence-corrected chi connectivity index (χ3v) is 4.26. The highest BCUT2D eigenvalue weighted by Gasteiger charge is 2.09. The van der Waals surface area contributed by atoms with Gasteiger partial charge in [-0.3, -0.25) is 0 Å². The second kappa shape index (κ2) is 7.69. The Balaban J connectivity index is 1.73. The summed E-state index contributed by atoms with van der Waals surface area (Å²) in [4.78, 5) is 0. The summed E-state index contributed by atoms with van der Waals surface area (Å²) in [6, 6.07) is 27.6. The van der Waals surface area contributed by atoms with E-state index in [1.54, 1.807) is 7.11 Å². The van der Waals surface area contributed by atoms with E-state index in [4.69, 9.17) is 4.74 Å². The Morgan fingerprint density at radius 1 is 0.792 bits per heavy atom. The van der Waals surface area contributed by atoms with Gasteiger partial charge in [-0.25, -0.2) is 0 Å². The van der Waals surface area contributed by atoms with E-state index in [-0.39, 0.29) is 0 Å². The van der Waals surface area contributed by atoms with Gasteiger partial charge in [0, 0.05) is 5.69 Å². The number of rotatable bonds is 6. The molecular weight excluding hydrogens is 294 g/mol. The number of benzene rings is 3. The quantitative estimate of drug-likeness (QED) is 0.609. The lowest BCUT2D eigenvalue weighted by atomic mass is 10.0. The van der Waals surface area contributed by atoms with Crippen molar-refractivity contribution in [2.45, 2.75) is 19.4 Å². The summed E-state index contributed by atoms with van der Waals surface area (Å²) in [6.45, 7) is 2.19. The maximum Gasteiger partial charge on any atom is 0.118 e. The van der Waals surface area contributed by atoms with E-state index in [1.807, 2.05) is 18.2 Å². The van der Waals surface area contributed by atoms with Gasteiger partial charge in [-0.15, -0.1) is 0 Å². The van der Waals surface area contributed by atoms with Gasteiger partial charge >= 0.3 is 0 Å². The first-order valence-corrected chi connectivity index (χ1v) is 8.36. The van der Waals surface area contributed by atoms with Gasteiger partial charge in [0.15, 0.2) is 0 Å². The molecule has 0 amide bonds. The molecule has 0 aromatic heterocycles. The molecule has 3 aromatic carbocycles. The van der Waals surface area contributed by atoms with Gasteiger partial charge in [-0.2, -0.15) is 0 Å². The van der Waals surface area contributed by atoms with Crippen LogP contribution in [0.1, 0.15) is 24.9 Å². The van der Waals surface area contributed by atoms with Crippen molar-refractivity contribution in [3.63, 3.8) is 0 Å². The lowest BCUT2D eigenvalue weighted by Gasteiger charge is -2.19. The molecule has 3 rings (SSSR count). The zero-order valence-corrected chi connectivity index (χ0v) is 14.2. The Labute approximate surface area is 144 Å². The van der Waals surface area contributed by atoms with Crippen molar-refractivity contribution in [1.82, 2.24) is 0 Å². The highest BCUT2D eigenvalue weighted by atomic mass is 16.5. The molecule has 0 aliphatic carbocycles. The predicted molar refractivity (Wildman–Crippen MR) is 102 cm³/mol. The number of anilines is 1. The molecular formula is C22H23NO. The SMILES string of the molecule is CC[C@@H](Nc1ccc(-c2ccccc2)cc1)c1ccc(OC)cc1. The fraction of sp³-hybridized carbons (Fsp3) is 0.182. The average Bonchev–Trinajstić information content (AvgIpc) is 2.67. The first-order valence-electron chi connectivity index (χ1n) is 8.36. The van der Waals surface area contributed by atoms with Crippen LogP contribution in [0.25, 0.3) is 11.1 Å². The van der Waals surface area contributed by atoms with Crippen molar-refractivity contribution in [1.29, 1.82) is 0 Å². The number of methoxy groups -OCH3 is 1. The molecule has 0 spiro atoms. The Morgan fingerprint density at radius 3 is 2.00 bits per heavy atom. The third kappa shape index (κ3) is 3.77. The highest BCUT2D eigenvalue weighted by Crippen LogP contribution is 2.26. The Hall–Kier alpha value is -2.74. The van der Waals surface area contributed by atoms with Gasteiger partial charge in [0.25, 0.3) is 0 Å². The van der Waals surface area contributed by atoms with Crippen LogP contribution < -0.4 is 10.1 Å². The summed E-state index contributed by atoms with van der Waals surface area (Å²) in [6.07, 6.45) is 1.02. The van der Waals surface area contributed by atoms with Crippen LogP contribution in [0, 0.1) is 0 Å². The molecule has 2 nitrogen and oxygen atoms in total. The van der Waals surface area contributed by atoms with Crippen LogP contribution in [0.2, 0.25) is 0 Å². The summed E-state index contributed by atoms with van der Waals surface area (Å²) in [5, 5.41) is 3.62. The van der Waals surface area contributed by atoms with Gasteiger partial charge in [-0.1, -0.05) is 61.5 Å². The smallest absolute Gasteiger partial charge is 0.118 e. The average molecular weight is 317 g/mol. The lowest BCUT2D eigenvalue weighted by Crippen LogP contribution is -2.09. The molecule has 0 aliphatic heterocycles. The van der Waals surface area contributed by atoms with E-state index in [1.165, 1.54) is 16.7 Å². The van der Waals surface area contributed by atoms with Crippen LogP contribution in [-0.4, -0.2) is 7.11 Å². The van der Waals surface area contributed by atoms with E-state index < -0.39 is 0 Å². The van der Waals surface area contributed by atoms with E-state index in [2.05, 4.69) is 72.9 Å². The molecule has 122 valence electrons. The van der Waals surface area contributed by atoms with Crippen LogP contribution in [-0.2, 0) is 0 Å². The maximum absolute atomic E-state index is 5.24. The van der Waals surface area contributed by atoms with Crippen LogP contribution in [0.3, 0.4) is 0 Å². The van der Waals surface area contributed by atoms with E-state index in [9.17, 15) is 0 Å². The molecule has 1 atom stereocenters. The Bertz CT molecular complexity index is 748. The van der Waals surface area contributed by atoms with Crippen LogP contribution >= 0.6 is 0 Å². The van der Waals surface area contributed by atoms with Gasteiger partial charge in [0.05, 0.1) is 13.2 Å². The number of hydrogen-bond donors (Lipinski definition) is 1. The summed E-state index contributed by atoms with van der Waals surface area (Å²) in [5.74, 6) is 0.890. The molecule has 0 bridgehead atoms. The molecule has 0 unspecified atom stereocenters. The molecule has 0 saturated heterocycles. The van der Waals surface area contributed by atoms with Crippen molar-refractivity contribution in [2.24, 2.45) is 0 Å². The van der Waals surface area contributed by atoms with Gasteiger partial charge in [0.1, 0.15) is 5.75 Å². The minimum atomic E-state index is 0.290. The summed E-state index contributed by atoms with van der Waals surface area (Å²) >= 11 is 0. The van der Waals surface area contributed by atoms with Crippen molar-refractivity contribution >= 4 is 5.69 Å². The molecule has 0 fully saturated rings. The highest BCUT2D eigenvalue weighted by molar-refractivity contribution is 5.66. The fourth-order valence-corrected chi connectivity index (χ4v) is 2.85. The molecule has 0 heterocycles. The van der Waals surface area contributed by atoms with Gasteiger partial charge in [-0.05, 0) is 47.4 Å². The molecule has 0 aliphatic rings. The summed E-state index contributed by atoms with van der Waals surface area (Å²) < 4.78 is 5.24. The van der Waals surface area contributed by atoms with Crippen molar-refractivity contribution in [3.8, 4) is 16.9 Å². The van der Waals surface area contributed by atoms with Crippen LogP contribution in [0.15, 0.2) is 78.9 Å². The Morgan fingerprint density at radius 2 is 1.42 bits per heavy atom. The van der Waals surface area contributed by atoms with Gasteiger partial charge in [0.2, 0.25) is 0 Å².